The molecule has 4 heteroatoms. The van der Waals surface area contributed by atoms with Gasteiger partial charge in [-0.1, -0.05) is 138 Å². The Kier molecular flexibility index (Phi) is 18.8. The van der Waals surface area contributed by atoms with E-state index >= 15 is 0 Å². The lowest BCUT2D eigenvalue weighted by Crippen LogP contribution is -2.12. The normalized spacial score (nSPS) is 10.6. The van der Waals surface area contributed by atoms with E-state index in [4.69, 9.17) is 4.74 Å². The van der Waals surface area contributed by atoms with Crippen molar-refractivity contribution in [3.05, 3.63) is 78.9 Å². The van der Waals surface area contributed by atoms with Crippen LogP contribution in [0.25, 0.3) is 0 Å². The summed E-state index contributed by atoms with van der Waals surface area (Å²) < 4.78 is 7.98. The maximum Gasteiger partial charge on any atom is 0.157 e. The molecule has 2 aromatic carbocycles. The molecule has 3 nitrogen and oxygen atoms in total. The van der Waals surface area contributed by atoms with Gasteiger partial charge in [-0.15, -0.1) is 0 Å². The molecule has 0 unspecified atom stereocenters. The molecule has 0 radical (unpaired) electrons. The van der Waals surface area contributed by atoms with Crippen LogP contribution in [-0.4, -0.2) is 23.4 Å². The lowest BCUT2D eigenvalue weighted by atomic mass is 9.66. The molecule has 0 saturated heterocycles. The minimum absolute atomic E-state index is 0.811. The first kappa shape index (κ1) is 31.7. The predicted octanol–water partition coefficient (Wildman–Crippen LogP) is 8.78. The Morgan fingerprint density at radius 2 is 1.39 bits per heavy atom. The molecule has 0 amide bonds. The molecule has 0 spiro atoms. The SMILES string of the molecule is CCCCCCCCCCCCn1ccnc1.CCCOc1ccccc1CCCCBc1ccccc1. The molecule has 3 aromatic rings. The molecule has 0 aliphatic rings. The Labute approximate surface area is 234 Å². The van der Waals surface area contributed by atoms with Crippen LogP contribution in [0.4, 0.5) is 0 Å². The van der Waals surface area contributed by atoms with Crippen molar-refractivity contribution in [1.82, 2.24) is 9.55 Å². The van der Waals surface area contributed by atoms with Crippen LogP contribution in [0.15, 0.2) is 73.3 Å². The zero-order valence-electron chi connectivity index (χ0n) is 24.5. The van der Waals surface area contributed by atoms with Crippen molar-refractivity contribution in [2.75, 3.05) is 6.61 Å². The Bertz CT molecular complexity index is 898. The molecular weight excluding hydrogens is 463 g/mol. The lowest BCUT2D eigenvalue weighted by molar-refractivity contribution is 0.314. The third-order valence-electron chi connectivity index (χ3n) is 7.02. The molecular formula is C34H53BN2O. The molecule has 0 bridgehead atoms. The number of imidazole rings is 1. The number of rotatable bonds is 20. The predicted molar refractivity (Wildman–Crippen MR) is 167 cm³/mol. The first-order valence-electron chi connectivity index (χ1n) is 15.5. The van der Waals surface area contributed by atoms with Gasteiger partial charge in [-0.05, 0) is 37.3 Å². The first-order chi connectivity index (χ1) is 18.8. The number of para-hydroxylation sites is 1. The third-order valence-corrected chi connectivity index (χ3v) is 7.02. The fourth-order valence-electron chi connectivity index (χ4n) is 4.73. The third kappa shape index (κ3) is 15.7. The number of hydrogen-bond donors (Lipinski definition) is 0. The highest BCUT2D eigenvalue weighted by molar-refractivity contribution is 6.53. The van der Waals surface area contributed by atoms with Crippen molar-refractivity contribution in [2.45, 2.75) is 117 Å². The summed E-state index contributed by atoms with van der Waals surface area (Å²) in [5, 5.41) is 0. The van der Waals surface area contributed by atoms with Crippen LogP contribution in [0, 0.1) is 0 Å². The van der Waals surface area contributed by atoms with Crippen molar-refractivity contribution in [1.29, 1.82) is 0 Å². The lowest BCUT2D eigenvalue weighted by Gasteiger charge is -2.10. The smallest absolute Gasteiger partial charge is 0.157 e. The molecule has 1 heterocycles. The van der Waals surface area contributed by atoms with Crippen LogP contribution >= 0.6 is 0 Å². The van der Waals surface area contributed by atoms with Crippen molar-refractivity contribution in [2.24, 2.45) is 0 Å². The molecule has 0 aliphatic heterocycles. The number of hydrogen-bond acceptors (Lipinski definition) is 2. The van der Waals surface area contributed by atoms with Crippen LogP contribution in [0.3, 0.4) is 0 Å². The quantitative estimate of drug-likeness (QED) is 0.111. The molecule has 0 saturated carbocycles. The minimum Gasteiger partial charge on any atom is -0.493 e. The Morgan fingerprint density at radius 3 is 2.08 bits per heavy atom. The van der Waals surface area contributed by atoms with Gasteiger partial charge in [-0.3, -0.25) is 0 Å². The second-order valence-electron chi connectivity index (χ2n) is 10.5. The zero-order valence-corrected chi connectivity index (χ0v) is 24.5. The van der Waals surface area contributed by atoms with Crippen LogP contribution in [-0.2, 0) is 13.0 Å². The van der Waals surface area contributed by atoms with Gasteiger partial charge in [0.05, 0.1) is 12.9 Å². The minimum atomic E-state index is 0.811. The van der Waals surface area contributed by atoms with Gasteiger partial charge in [0.25, 0.3) is 0 Å². The molecule has 3 rings (SSSR count). The van der Waals surface area contributed by atoms with E-state index in [-0.39, 0.29) is 0 Å². The van der Waals surface area contributed by atoms with Gasteiger partial charge < -0.3 is 9.30 Å². The molecule has 0 atom stereocenters. The molecule has 0 N–H and O–H groups in total. The second kappa shape index (κ2) is 22.5. The van der Waals surface area contributed by atoms with Crippen LogP contribution in [0.2, 0.25) is 6.32 Å². The van der Waals surface area contributed by atoms with Gasteiger partial charge in [-0.2, -0.15) is 0 Å². The fourth-order valence-corrected chi connectivity index (χ4v) is 4.73. The van der Waals surface area contributed by atoms with Crippen LogP contribution in [0.1, 0.15) is 103 Å². The topological polar surface area (TPSA) is 27.1 Å². The standard InChI is InChI=1S/C19H25BO.C15H28N2/c1-2-16-21-19-14-7-6-10-17(19)11-8-9-15-20-18-12-4-3-5-13-18;1-2-3-4-5-6-7-8-9-10-11-13-17-14-12-16-15-17/h3-7,10,12-14,20H,2,8-9,11,15-16H2,1H3;12,14-15H,2-11,13H2,1H3. The van der Waals surface area contributed by atoms with E-state index in [9.17, 15) is 0 Å². The van der Waals surface area contributed by atoms with E-state index in [1.165, 1.54) is 102 Å². The number of benzene rings is 2. The summed E-state index contributed by atoms with van der Waals surface area (Å²) in [5.74, 6) is 1.07. The highest BCUT2D eigenvalue weighted by Crippen LogP contribution is 2.20. The first-order valence-corrected chi connectivity index (χ1v) is 15.5. The summed E-state index contributed by atoms with van der Waals surface area (Å²) in [5.41, 5.74) is 2.80. The highest BCUT2D eigenvalue weighted by atomic mass is 16.5. The van der Waals surface area contributed by atoms with Crippen molar-refractivity contribution >= 4 is 12.7 Å². The van der Waals surface area contributed by atoms with Crippen molar-refractivity contribution < 1.29 is 4.74 Å². The number of ether oxygens (including phenoxy) is 1. The van der Waals surface area contributed by atoms with E-state index in [1.807, 2.05) is 18.7 Å². The largest absolute Gasteiger partial charge is 0.493 e. The van der Waals surface area contributed by atoms with Crippen LogP contribution < -0.4 is 10.2 Å². The van der Waals surface area contributed by atoms with Gasteiger partial charge in [0.1, 0.15) is 5.75 Å². The Balaban J connectivity index is 0.000000273. The van der Waals surface area contributed by atoms with Crippen molar-refractivity contribution in [3.63, 3.8) is 0 Å². The summed E-state index contributed by atoms with van der Waals surface area (Å²) in [7, 11) is 1.19. The zero-order chi connectivity index (χ0) is 26.9. The van der Waals surface area contributed by atoms with Gasteiger partial charge in [0.2, 0.25) is 0 Å². The maximum atomic E-state index is 5.81. The van der Waals surface area contributed by atoms with Gasteiger partial charge in [0, 0.05) is 18.9 Å². The monoisotopic (exact) mass is 516 g/mol. The average molecular weight is 517 g/mol. The van der Waals surface area contributed by atoms with Gasteiger partial charge in [-0.25, -0.2) is 4.98 Å². The van der Waals surface area contributed by atoms with Gasteiger partial charge >= 0.3 is 0 Å². The van der Waals surface area contributed by atoms with E-state index in [0.29, 0.717) is 0 Å². The highest BCUT2D eigenvalue weighted by Gasteiger charge is 2.03. The van der Waals surface area contributed by atoms with E-state index in [2.05, 4.69) is 78.0 Å². The summed E-state index contributed by atoms with van der Waals surface area (Å²) in [4.78, 5) is 4.05. The molecule has 0 fully saturated rings. The number of aromatic nitrogens is 2. The number of nitrogens with zero attached hydrogens (tertiary/aromatic N) is 2. The molecule has 0 aliphatic carbocycles. The summed E-state index contributed by atoms with van der Waals surface area (Å²) in [6.45, 7) is 6.37. The van der Waals surface area contributed by atoms with E-state index in [1.54, 1.807) is 0 Å². The number of unbranched alkanes of at least 4 members (excludes halogenated alkanes) is 10. The van der Waals surface area contributed by atoms with Gasteiger partial charge in [0.15, 0.2) is 7.28 Å². The molecule has 38 heavy (non-hydrogen) atoms. The van der Waals surface area contributed by atoms with E-state index in [0.717, 1.165) is 31.7 Å². The number of aryl methyl sites for hydroxylation is 2. The van der Waals surface area contributed by atoms with E-state index < -0.39 is 0 Å². The maximum absolute atomic E-state index is 5.81. The summed E-state index contributed by atoms with van der Waals surface area (Å²) in [6.07, 6.45) is 25.8. The average Bonchev–Trinajstić information content (AvgIpc) is 3.48. The second-order valence-corrected chi connectivity index (χ2v) is 10.5. The molecule has 208 valence electrons. The fraction of sp³-hybridized carbons (Fsp3) is 0.559. The summed E-state index contributed by atoms with van der Waals surface area (Å²) >= 11 is 0. The van der Waals surface area contributed by atoms with Crippen molar-refractivity contribution in [3.8, 4) is 5.75 Å². The Morgan fingerprint density at radius 1 is 0.711 bits per heavy atom. The van der Waals surface area contributed by atoms with Crippen LogP contribution in [0.5, 0.6) is 5.75 Å². The summed E-state index contributed by atoms with van der Waals surface area (Å²) in [6, 6.07) is 19.2. The molecule has 1 aromatic heterocycles. The Hall–Kier alpha value is -2.49.